The molecule has 126 valence electrons. The first-order chi connectivity index (χ1) is 11.6. The lowest BCUT2D eigenvalue weighted by atomic mass is 9.88. The van der Waals surface area contributed by atoms with Crippen LogP contribution >= 0.6 is 33.9 Å². The van der Waals surface area contributed by atoms with Gasteiger partial charge in [0.15, 0.2) is 0 Å². The Labute approximate surface area is 159 Å². The molecule has 24 heavy (non-hydrogen) atoms. The van der Waals surface area contributed by atoms with Crippen molar-refractivity contribution in [1.82, 2.24) is 5.32 Å². The normalized spacial score (nSPS) is 22.2. The molecule has 2 unspecified atom stereocenters. The predicted octanol–water partition coefficient (Wildman–Crippen LogP) is 4.34. The molecule has 2 atom stereocenters. The Morgan fingerprint density at radius 1 is 1.33 bits per heavy atom. The molecule has 1 amide bonds. The van der Waals surface area contributed by atoms with Crippen molar-refractivity contribution in [2.75, 3.05) is 12.4 Å². The topological polar surface area (TPSA) is 50.4 Å². The lowest BCUT2D eigenvalue weighted by molar-refractivity contribution is 0.0935. The lowest BCUT2D eigenvalue weighted by Gasteiger charge is -2.27. The van der Waals surface area contributed by atoms with Crippen LogP contribution in [0.4, 0.5) is 5.00 Å². The predicted molar refractivity (Wildman–Crippen MR) is 105 cm³/mol. The van der Waals surface area contributed by atoms with Crippen LogP contribution in [0.5, 0.6) is 5.75 Å². The number of anilines is 1. The highest BCUT2D eigenvalue weighted by atomic mass is 127. The van der Waals surface area contributed by atoms with Crippen molar-refractivity contribution in [3.05, 3.63) is 43.3 Å². The van der Waals surface area contributed by atoms with Crippen molar-refractivity contribution in [3.63, 3.8) is 0 Å². The van der Waals surface area contributed by atoms with Crippen LogP contribution in [0.2, 0.25) is 0 Å². The zero-order valence-electron chi connectivity index (χ0n) is 13.6. The van der Waals surface area contributed by atoms with Gasteiger partial charge in [-0.2, -0.15) is 0 Å². The second-order valence-corrected chi connectivity index (χ2v) is 8.77. The third-order valence-electron chi connectivity index (χ3n) is 4.80. The number of benzene rings is 1. The molecule has 1 aromatic carbocycles. The van der Waals surface area contributed by atoms with Gasteiger partial charge in [0.05, 0.1) is 16.2 Å². The summed E-state index contributed by atoms with van der Waals surface area (Å²) >= 11 is 4.01. The summed E-state index contributed by atoms with van der Waals surface area (Å²) in [5, 5.41) is 7.66. The first kappa shape index (κ1) is 16.2. The molecule has 0 bridgehead atoms. The van der Waals surface area contributed by atoms with E-state index in [-0.39, 0.29) is 12.1 Å². The van der Waals surface area contributed by atoms with Gasteiger partial charge in [0.2, 0.25) is 0 Å². The van der Waals surface area contributed by atoms with Gasteiger partial charge in [0.1, 0.15) is 16.9 Å². The number of ether oxygens (including phenoxy) is 1. The Balaban J connectivity index is 1.67. The quantitative estimate of drug-likeness (QED) is 0.664. The number of carbonyl (C=O) groups is 1. The number of hydrogen-bond acceptors (Lipinski definition) is 4. The van der Waals surface area contributed by atoms with E-state index in [1.54, 1.807) is 18.4 Å². The minimum atomic E-state index is -0.193. The van der Waals surface area contributed by atoms with Gasteiger partial charge in [-0.05, 0) is 71.0 Å². The molecule has 0 spiro atoms. The van der Waals surface area contributed by atoms with Crippen LogP contribution in [0.25, 0.3) is 0 Å². The molecule has 0 saturated heterocycles. The maximum Gasteiger partial charge on any atom is 0.256 e. The van der Waals surface area contributed by atoms with Crippen LogP contribution in [0, 0.1) is 9.49 Å². The number of hydrogen-bond donors (Lipinski definition) is 2. The van der Waals surface area contributed by atoms with Crippen molar-refractivity contribution in [2.45, 2.75) is 32.4 Å². The molecule has 0 saturated carbocycles. The third-order valence-corrected chi connectivity index (χ3v) is 6.83. The van der Waals surface area contributed by atoms with Crippen LogP contribution in [0.3, 0.4) is 0 Å². The Bertz CT molecular complexity index is 818. The van der Waals surface area contributed by atoms with Crippen molar-refractivity contribution >= 4 is 44.8 Å². The number of fused-ring (bicyclic) bond motifs is 3. The average Bonchev–Trinajstić information content (AvgIpc) is 2.92. The molecule has 2 aromatic rings. The molecule has 4 rings (SSSR count). The van der Waals surface area contributed by atoms with E-state index >= 15 is 0 Å². The number of halogens is 1. The average molecular weight is 454 g/mol. The fourth-order valence-electron chi connectivity index (χ4n) is 3.49. The monoisotopic (exact) mass is 454 g/mol. The SMILES string of the molecule is COc1ccc(C2NC(=O)c3c(sc4c3CCC(C)C4)N2)cc1I. The highest BCUT2D eigenvalue weighted by Gasteiger charge is 2.33. The Hall–Kier alpha value is -1.28. The number of amides is 1. The number of nitrogens with one attached hydrogen (secondary N) is 2. The van der Waals surface area contributed by atoms with Gasteiger partial charge in [-0.3, -0.25) is 4.79 Å². The fourth-order valence-corrected chi connectivity index (χ4v) is 5.69. The van der Waals surface area contributed by atoms with E-state index in [9.17, 15) is 4.79 Å². The van der Waals surface area contributed by atoms with Crippen LogP contribution < -0.4 is 15.4 Å². The van der Waals surface area contributed by atoms with Crippen LogP contribution in [-0.4, -0.2) is 13.0 Å². The van der Waals surface area contributed by atoms with Crippen LogP contribution in [-0.2, 0) is 12.8 Å². The standard InChI is InChI=1S/C18H19IN2O2S/c1-9-3-5-11-14(7-9)24-18-15(11)17(22)20-16(21-18)10-4-6-13(23-2)12(19)8-10/h4,6,8-9,16,21H,3,5,7H2,1-2H3,(H,20,22). The highest BCUT2D eigenvalue weighted by molar-refractivity contribution is 14.1. The molecule has 4 nitrogen and oxygen atoms in total. The maximum atomic E-state index is 12.7. The molecule has 6 heteroatoms. The summed E-state index contributed by atoms with van der Waals surface area (Å²) in [5.41, 5.74) is 3.18. The fraction of sp³-hybridized carbons (Fsp3) is 0.389. The van der Waals surface area contributed by atoms with Crippen molar-refractivity contribution in [2.24, 2.45) is 5.92 Å². The summed E-state index contributed by atoms with van der Waals surface area (Å²) in [5.74, 6) is 1.61. The second kappa shape index (κ2) is 6.22. The minimum absolute atomic E-state index is 0.0478. The molecule has 2 N–H and O–H groups in total. The smallest absolute Gasteiger partial charge is 0.256 e. The van der Waals surface area contributed by atoms with E-state index in [0.717, 1.165) is 38.3 Å². The molecule has 2 heterocycles. The zero-order chi connectivity index (χ0) is 16.8. The molecule has 0 fully saturated rings. The first-order valence-corrected chi connectivity index (χ1v) is 10.0. The number of thiophene rings is 1. The number of rotatable bonds is 2. The van der Waals surface area contributed by atoms with Crippen molar-refractivity contribution < 1.29 is 9.53 Å². The van der Waals surface area contributed by atoms with Gasteiger partial charge >= 0.3 is 0 Å². The van der Waals surface area contributed by atoms with Gasteiger partial charge in [0.25, 0.3) is 5.91 Å². The van der Waals surface area contributed by atoms with Crippen LogP contribution in [0.15, 0.2) is 18.2 Å². The molecule has 0 radical (unpaired) electrons. The summed E-state index contributed by atoms with van der Waals surface area (Å²) in [7, 11) is 1.67. The lowest BCUT2D eigenvalue weighted by Crippen LogP contribution is -2.38. The van der Waals surface area contributed by atoms with Gasteiger partial charge < -0.3 is 15.4 Å². The van der Waals surface area contributed by atoms with E-state index in [1.165, 1.54) is 16.9 Å². The van der Waals surface area contributed by atoms with E-state index in [4.69, 9.17) is 4.74 Å². The molecule has 1 aliphatic heterocycles. The minimum Gasteiger partial charge on any atom is -0.496 e. The zero-order valence-corrected chi connectivity index (χ0v) is 16.6. The van der Waals surface area contributed by atoms with Crippen molar-refractivity contribution in [1.29, 1.82) is 0 Å². The van der Waals surface area contributed by atoms with Gasteiger partial charge in [-0.15, -0.1) is 11.3 Å². The van der Waals surface area contributed by atoms with Gasteiger partial charge in [0, 0.05) is 4.88 Å². The molecule has 1 aliphatic carbocycles. The van der Waals surface area contributed by atoms with E-state index in [1.807, 2.05) is 12.1 Å². The van der Waals surface area contributed by atoms with E-state index in [0.29, 0.717) is 5.92 Å². The largest absolute Gasteiger partial charge is 0.496 e. The molecular formula is C18H19IN2O2S. The Kier molecular flexibility index (Phi) is 4.20. The summed E-state index contributed by atoms with van der Waals surface area (Å²) in [6.07, 6.45) is 3.08. The molecule has 1 aromatic heterocycles. The van der Waals surface area contributed by atoms with E-state index in [2.05, 4.69) is 46.2 Å². The first-order valence-electron chi connectivity index (χ1n) is 8.12. The number of methoxy groups -OCH3 is 1. The van der Waals surface area contributed by atoms with Gasteiger partial charge in [-0.1, -0.05) is 13.0 Å². The molecular weight excluding hydrogens is 435 g/mol. The summed E-state index contributed by atoms with van der Waals surface area (Å²) < 4.78 is 6.35. The summed E-state index contributed by atoms with van der Waals surface area (Å²) in [4.78, 5) is 14.1. The highest BCUT2D eigenvalue weighted by Crippen LogP contribution is 2.42. The van der Waals surface area contributed by atoms with Crippen molar-refractivity contribution in [3.8, 4) is 5.75 Å². The van der Waals surface area contributed by atoms with Crippen LogP contribution in [0.1, 0.15) is 45.9 Å². The Morgan fingerprint density at radius 2 is 2.17 bits per heavy atom. The second-order valence-electron chi connectivity index (χ2n) is 6.50. The van der Waals surface area contributed by atoms with E-state index < -0.39 is 0 Å². The third kappa shape index (κ3) is 2.69. The summed E-state index contributed by atoms with van der Waals surface area (Å²) in [6.45, 7) is 2.29. The van der Waals surface area contributed by atoms with Gasteiger partial charge in [-0.25, -0.2) is 0 Å². The summed E-state index contributed by atoms with van der Waals surface area (Å²) in [6, 6.07) is 6.00. The molecule has 2 aliphatic rings. The number of carbonyl (C=O) groups excluding carboxylic acids is 1. The maximum absolute atomic E-state index is 12.7. The Morgan fingerprint density at radius 3 is 2.92 bits per heavy atom.